The standard InChI is InChI=1S/C24H28ClN3O2/c1-24(2,3)20(21(30-4)22(26)29)23-27-19(17-10-6-5-7-11-17)15-28(23)14-16-9-8-12-18(25)13-16/h5-13,15,20-21H,14H2,1-4H3,(H2,26,29)/t20-,21?/m0/s1. The highest BCUT2D eigenvalue weighted by Crippen LogP contribution is 2.39. The molecular weight excluding hydrogens is 398 g/mol. The van der Waals surface area contributed by atoms with E-state index in [4.69, 9.17) is 27.1 Å². The highest BCUT2D eigenvalue weighted by molar-refractivity contribution is 6.30. The number of amides is 1. The molecule has 3 aromatic rings. The summed E-state index contributed by atoms with van der Waals surface area (Å²) in [6, 6.07) is 17.7. The predicted octanol–water partition coefficient (Wildman–Crippen LogP) is 4.88. The summed E-state index contributed by atoms with van der Waals surface area (Å²) in [5.74, 6) is -0.0837. The summed E-state index contributed by atoms with van der Waals surface area (Å²) < 4.78 is 7.61. The summed E-state index contributed by atoms with van der Waals surface area (Å²) in [7, 11) is 1.51. The van der Waals surface area contributed by atoms with Gasteiger partial charge in [0.15, 0.2) is 0 Å². The van der Waals surface area contributed by atoms with Crippen molar-refractivity contribution in [1.29, 1.82) is 0 Å². The lowest BCUT2D eigenvalue weighted by Gasteiger charge is -2.34. The molecule has 158 valence electrons. The lowest BCUT2D eigenvalue weighted by molar-refractivity contribution is -0.131. The van der Waals surface area contributed by atoms with Crippen LogP contribution in [0.5, 0.6) is 0 Å². The van der Waals surface area contributed by atoms with E-state index in [0.717, 1.165) is 22.6 Å². The summed E-state index contributed by atoms with van der Waals surface area (Å²) in [6.45, 7) is 6.76. The Hall–Kier alpha value is -2.63. The summed E-state index contributed by atoms with van der Waals surface area (Å²) >= 11 is 6.20. The number of nitrogens with two attached hydrogens (primary N) is 1. The number of nitrogens with zero attached hydrogens (tertiary/aromatic N) is 2. The fourth-order valence-electron chi connectivity index (χ4n) is 3.78. The molecule has 2 N–H and O–H groups in total. The number of methoxy groups -OCH3 is 1. The van der Waals surface area contributed by atoms with Crippen LogP contribution in [0.15, 0.2) is 60.8 Å². The number of hydrogen-bond donors (Lipinski definition) is 1. The third kappa shape index (κ3) is 4.91. The summed E-state index contributed by atoms with van der Waals surface area (Å²) in [5.41, 5.74) is 8.27. The Balaban J connectivity index is 2.16. The summed E-state index contributed by atoms with van der Waals surface area (Å²) in [5, 5.41) is 0.678. The number of imidazole rings is 1. The van der Waals surface area contributed by atoms with Crippen LogP contribution >= 0.6 is 11.6 Å². The molecule has 0 bridgehead atoms. The quantitative estimate of drug-likeness (QED) is 0.586. The lowest BCUT2D eigenvalue weighted by atomic mass is 9.76. The molecule has 0 saturated heterocycles. The number of carbonyl (C=O) groups is 1. The molecule has 0 aliphatic rings. The first-order chi connectivity index (χ1) is 14.2. The van der Waals surface area contributed by atoms with E-state index in [-0.39, 0.29) is 11.3 Å². The molecule has 0 aliphatic carbocycles. The first-order valence-electron chi connectivity index (χ1n) is 9.89. The molecule has 0 saturated carbocycles. The van der Waals surface area contributed by atoms with Crippen LogP contribution in [0.2, 0.25) is 5.02 Å². The first kappa shape index (κ1) is 22.1. The number of halogens is 1. The molecule has 1 unspecified atom stereocenters. The van der Waals surface area contributed by atoms with Crippen LogP contribution in [-0.2, 0) is 16.1 Å². The number of primary amides is 1. The maximum atomic E-state index is 12.2. The van der Waals surface area contributed by atoms with Crippen molar-refractivity contribution in [3.63, 3.8) is 0 Å². The Morgan fingerprint density at radius 2 is 1.87 bits per heavy atom. The van der Waals surface area contributed by atoms with Gasteiger partial charge >= 0.3 is 0 Å². The number of ether oxygens (including phenoxy) is 1. The maximum Gasteiger partial charge on any atom is 0.247 e. The van der Waals surface area contributed by atoms with Crippen LogP contribution in [0, 0.1) is 5.41 Å². The Kier molecular flexibility index (Phi) is 6.64. The molecule has 30 heavy (non-hydrogen) atoms. The molecule has 6 heteroatoms. The third-order valence-corrected chi connectivity index (χ3v) is 5.40. The third-order valence-electron chi connectivity index (χ3n) is 5.17. The van der Waals surface area contributed by atoms with Gasteiger partial charge in [-0.1, -0.05) is 74.8 Å². The van der Waals surface area contributed by atoms with E-state index in [9.17, 15) is 4.79 Å². The molecule has 0 spiro atoms. The van der Waals surface area contributed by atoms with Crippen LogP contribution in [0.1, 0.15) is 38.1 Å². The zero-order valence-corrected chi connectivity index (χ0v) is 18.6. The minimum atomic E-state index is -0.797. The van der Waals surface area contributed by atoms with E-state index in [1.807, 2.05) is 60.8 Å². The smallest absolute Gasteiger partial charge is 0.247 e. The van der Waals surface area contributed by atoms with Gasteiger partial charge in [0.2, 0.25) is 5.91 Å². The van der Waals surface area contributed by atoms with Crippen LogP contribution in [0.4, 0.5) is 0 Å². The van der Waals surface area contributed by atoms with Crippen molar-refractivity contribution < 1.29 is 9.53 Å². The second-order valence-corrected chi connectivity index (χ2v) is 8.95. The Labute approximate surface area is 182 Å². The normalized spacial score (nSPS) is 13.8. The van der Waals surface area contributed by atoms with Crippen LogP contribution in [0.25, 0.3) is 11.3 Å². The fraction of sp³-hybridized carbons (Fsp3) is 0.333. The minimum absolute atomic E-state index is 0.318. The van der Waals surface area contributed by atoms with Crippen molar-refractivity contribution in [2.45, 2.75) is 39.3 Å². The zero-order chi connectivity index (χ0) is 21.9. The number of hydrogen-bond acceptors (Lipinski definition) is 3. The van der Waals surface area contributed by atoms with E-state index in [1.54, 1.807) is 0 Å². The lowest BCUT2D eigenvalue weighted by Crippen LogP contribution is -2.42. The van der Waals surface area contributed by atoms with E-state index in [1.165, 1.54) is 7.11 Å². The van der Waals surface area contributed by atoms with Gasteiger partial charge in [-0.15, -0.1) is 0 Å². The number of aromatic nitrogens is 2. The number of carbonyl (C=O) groups excluding carboxylic acids is 1. The van der Waals surface area contributed by atoms with Crippen molar-refractivity contribution in [3.8, 4) is 11.3 Å². The van der Waals surface area contributed by atoms with E-state index < -0.39 is 12.0 Å². The van der Waals surface area contributed by atoms with Gasteiger partial charge in [-0.05, 0) is 23.1 Å². The monoisotopic (exact) mass is 425 g/mol. The van der Waals surface area contributed by atoms with E-state index in [0.29, 0.717) is 11.6 Å². The minimum Gasteiger partial charge on any atom is -0.371 e. The van der Waals surface area contributed by atoms with Gasteiger partial charge in [0.05, 0.1) is 11.6 Å². The van der Waals surface area contributed by atoms with E-state index >= 15 is 0 Å². The summed E-state index contributed by atoms with van der Waals surface area (Å²) in [4.78, 5) is 17.2. The molecule has 0 radical (unpaired) electrons. The molecule has 2 aromatic carbocycles. The van der Waals surface area contributed by atoms with Crippen LogP contribution < -0.4 is 5.73 Å². The Bertz CT molecular complexity index is 1010. The molecular formula is C24H28ClN3O2. The Morgan fingerprint density at radius 1 is 1.17 bits per heavy atom. The van der Waals surface area contributed by atoms with Crippen molar-refractivity contribution in [2.24, 2.45) is 11.1 Å². The average molecular weight is 426 g/mol. The van der Waals surface area contributed by atoms with Gasteiger partial charge < -0.3 is 15.0 Å². The highest BCUT2D eigenvalue weighted by atomic mass is 35.5. The number of rotatable bonds is 7. The van der Waals surface area contributed by atoms with Gasteiger partial charge in [-0.3, -0.25) is 4.79 Å². The molecule has 2 atom stereocenters. The second-order valence-electron chi connectivity index (χ2n) is 8.51. The van der Waals surface area contributed by atoms with Gasteiger partial charge in [0.1, 0.15) is 11.9 Å². The molecule has 5 nitrogen and oxygen atoms in total. The highest BCUT2D eigenvalue weighted by Gasteiger charge is 2.40. The largest absolute Gasteiger partial charge is 0.371 e. The van der Waals surface area contributed by atoms with Gasteiger partial charge in [0.25, 0.3) is 0 Å². The predicted molar refractivity (Wildman–Crippen MR) is 120 cm³/mol. The molecule has 1 amide bonds. The molecule has 0 aliphatic heterocycles. The SMILES string of the molecule is COC(C(N)=O)[C@@H](c1nc(-c2ccccc2)cn1Cc1cccc(Cl)c1)C(C)(C)C. The van der Waals surface area contributed by atoms with Crippen LogP contribution in [0.3, 0.4) is 0 Å². The van der Waals surface area contributed by atoms with Gasteiger partial charge in [-0.2, -0.15) is 0 Å². The molecule has 1 heterocycles. The van der Waals surface area contributed by atoms with Gasteiger partial charge in [-0.25, -0.2) is 4.98 Å². The average Bonchev–Trinajstić information content (AvgIpc) is 3.08. The molecule has 0 fully saturated rings. The first-order valence-corrected chi connectivity index (χ1v) is 10.3. The maximum absolute atomic E-state index is 12.2. The molecule has 3 rings (SSSR count). The fourth-order valence-corrected chi connectivity index (χ4v) is 3.99. The van der Waals surface area contributed by atoms with E-state index in [2.05, 4.69) is 25.3 Å². The van der Waals surface area contributed by atoms with Crippen LogP contribution in [-0.4, -0.2) is 28.7 Å². The second kappa shape index (κ2) is 9.02. The zero-order valence-electron chi connectivity index (χ0n) is 17.8. The van der Waals surface area contributed by atoms with Crippen molar-refractivity contribution in [1.82, 2.24) is 9.55 Å². The van der Waals surface area contributed by atoms with Crippen molar-refractivity contribution >= 4 is 17.5 Å². The van der Waals surface area contributed by atoms with Crippen molar-refractivity contribution in [2.75, 3.05) is 7.11 Å². The molecule has 1 aromatic heterocycles. The Morgan fingerprint density at radius 3 is 2.43 bits per heavy atom. The number of benzene rings is 2. The van der Waals surface area contributed by atoms with Crippen molar-refractivity contribution in [3.05, 3.63) is 77.2 Å². The van der Waals surface area contributed by atoms with Gasteiger partial charge in [0, 0.05) is 30.4 Å². The summed E-state index contributed by atoms with van der Waals surface area (Å²) in [6.07, 6.45) is 1.21. The topological polar surface area (TPSA) is 70.1 Å².